The maximum Gasteiger partial charge on any atom is 0.0554 e. The van der Waals surface area contributed by atoms with Crippen LogP contribution in [0.4, 0.5) is 28.4 Å². The summed E-state index contributed by atoms with van der Waals surface area (Å²) in [5.41, 5.74) is 9.82. The van der Waals surface area contributed by atoms with E-state index in [-0.39, 0.29) is 0 Å². The number of rotatable bonds is 8. The second-order valence-corrected chi connectivity index (χ2v) is 15.4. The van der Waals surface area contributed by atoms with Crippen LogP contribution in [0.15, 0.2) is 151 Å². The average molecular weight is 669 g/mol. The highest BCUT2D eigenvalue weighted by Gasteiger charge is 2.22. The van der Waals surface area contributed by atoms with Crippen LogP contribution < -0.4 is 9.80 Å². The number of para-hydroxylation sites is 1. The predicted octanol–water partition coefficient (Wildman–Crippen LogP) is 14.5. The van der Waals surface area contributed by atoms with Crippen LogP contribution in [0.1, 0.15) is 64.0 Å². The number of hydrogen-bond donors (Lipinski definition) is 0. The Kier molecular flexibility index (Phi) is 8.54. The van der Waals surface area contributed by atoms with Gasteiger partial charge in [0.25, 0.3) is 0 Å². The Morgan fingerprint density at radius 1 is 0.560 bits per heavy atom. The van der Waals surface area contributed by atoms with Gasteiger partial charge in [-0.25, -0.2) is 0 Å². The molecule has 3 heteroatoms. The zero-order valence-electron chi connectivity index (χ0n) is 29.6. The Balaban J connectivity index is 1.32. The van der Waals surface area contributed by atoms with E-state index in [0.717, 1.165) is 23.5 Å². The van der Waals surface area contributed by atoms with Crippen LogP contribution in [0.25, 0.3) is 30.9 Å². The van der Waals surface area contributed by atoms with E-state index < -0.39 is 0 Å². The molecule has 0 aliphatic heterocycles. The normalized spacial score (nSPS) is 14.6. The van der Waals surface area contributed by atoms with Crippen molar-refractivity contribution in [2.24, 2.45) is 5.92 Å². The van der Waals surface area contributed by atoms with Crippen LogP contribution in [-0.4, -0.2) is 0 Å². The molecule has 0 saturated heterocycles. The number of nitrogens with zero attached hydrogens (tertiary/aromatic N) is 2. The molecule has 248 valence electrons. The molecule has 50 heavy (non-hydrogen) atoms. The monoisotopic (exact) mass is 668 g/mol. The molecule has 0 amide bonds. The first-order chi connectivity index (χ1) is 24.4. The van der Waals surface area contributed by atoms with Crippen molar-refractivity contribution < 1.29 is 0 Å². The Morgan fingerprint density at radius 2 is 1.14 bits per heavy atom. The topological polar surface area (TPSA) is 6.48 Å². The van der Waals surface area contributed by atoms with Crippen molar-refractivity contribution in [2.75, 3.05) is 9.80 Å². The van der Waals surface area contributed by atoms with E-state index in [2.05, 4.69) is 190 Å². The third kappa shape index (κ3) is 5.90. The number of thiophene rings is 1. The van der Waals surface area contributed by atoms with Crippen LogP contribution in [0.5, 0.6) is 0 Å². The lowest BCUT2D eigenvalue weighted by Crippen LogP contribution is -2.17. The van der Waals surface area contributed by atoms with Gasteiger partial charge < -0.3 is 9.80 Å². The molecule has 0 bridgehead atoms. The highest BCUT2D eigenvalue weighted by Crippen LogP contribution is 2.47. The zero-order valence-corrected chi connectivity index (χ0v) is 30.4. The fourth-order valence-corrected chi connectivity index (χ4v) is 8.42. The molecular formula is C47H44N2S. The van der Waals surface area contributed by atoms with Crippen LogP contribution in [0.3, 0.4) is 0 Å². The molecule has 0 radical (unpaired) electrons. The third-order valence-corrected chi connectivity index (χ3v) is 11.3. The largest absolute Gasteiger partial charge is 0.310 e. The minimum absolute atomic E-state index is 0.491. The summed E-state index contributed by atoms with van der Waals surface area (Å²) >= 11 is 1.89. The summed E-state index contributed by atoms with van der Waals surface area (Å²) in [7, 11) is 0. The Bertz CT molecular complexity index is 2360. The van der Waals surface area contributed by atoms with Gasteiger partial charge in [0.15, 0.2) is 0 Å². The molecule has 0 spiro atoms. The van der Waals surface area contributed by atoms with Crippen molar-refractivity contribution in [2.45, 2.75) is 52.9 Å². The molecule has 6 aromatic carbocycles. The molecular weight excluding hydrogens is 625 g/mol. The van der Waals surface area contributed by atoms with Crippen molar-refractivity contribution in [3.8, 4) is 0 Å². The van der Waals surface area contributed by atoms with Gasteiger partial charge in [0.05, 0.1) is 5.69 Å². The summed E-state index contributed by atoms with van der Waals surface area (Å²) in [6.07, 6.45) is 8.10. The third-order valence-electron chi connectivity index (χ3n) is 10.1. The highest BCUT2D eigenvalue weighted by molar-refractivity contribution is 7.26. The van der Waals surface area contributed by atoms with Gasteiger partial charge >= 0.3 is 0 Å². The number of benzene rings is 6. The molecule has 1 aliphatic rings. The van der Waals surface area contributed by atoms with Gasteiger partial charge in [0.1, 0.15) is 0 Å². The number of allylic oxidation sites excluding steroid dienone is 3. The van der Waals surface area contributed by atoms with E-state index in [1.54, 1.807) is 0 Å². The van der Waals surface area contributed by atoms with E-state index in [1.165, 1.54) is 59.1 Å². The SMILES string of the molecule is CC1C=CC(N(c2ccc(C(C)C)cc2)c2cc3sc4ccc(N(c5ccccc5)c5ccc(C(C)C)cc5)cc4c3c3ccccc23)=CC1. The summed E-state index contributed by atoms with van der Waals surface area (Å²) in [5.74, 6) is 1.53. The van der Waals surface area contributed by atoms with Crippen molar-refractivity contribution in [1.82, 2.24) is 0 Å². The smallest absolute Gasteiger partial charge is 0.0554 e. The van der Waals surface area contributed by atoms with Crippen molar-refractivity contribution in [3.05, 3.63) is 162 Å². The lowest BCUT2D eigenvalue weighted by atomic mass is 9.97. The Labute approximate surface area is 300 Å². The minimum atomic E-state index is 0.491. The molecule has 0 N–H and O–H groups in total. The van der Waals surface area contributed by atoms with Crippen LogP contribution >= 0.6 is 11.3 Å². The summed E-state index contributed by atoms with van der Waals surface area (Å²) < 4.78 is 2.60. The molecule has 7 aromatic rings. The molecule has 2 nitrogen and oxygen atoms in total. The van der Waals surface area contributed by atoms with Crippen molar-refractivity contribution in [1.29, 1.82) is 0 Å². The average Bonchev–Trinajstić information content (AvgIpc) is 3.51. The molecule has 1 aromatic heterocycles. The van der Waals surface area contributed by atoms with E-state index >= 15 is 0 Å². The van der Waals surface area contributed by atoms with Gasteiger partial charge in [-0.15, -0.1) is 11.3 Å². The van der Waals surface area contributed by atoms with E-state index in [1.807, 2.05) is 11.3 Å². The Morgan fingerprint density at radius 3 is 1.76 bits per heavy atom. The summed E-state index contributed by atoms with van der Waals surface area (Å²) in [6, 6.07) is 47.4. The Hall–Kier alpha value is -5.12. The van der Waals surface area contributed by atoms with Crippen molar-refractivity contribution in [3.63, 3.8) is 0 Å². The number of fused-ring (bicyclic) bond motifs is 5. The lowest BCUT2D eigenvalue weighted by molar-refractivity contribution is 0.728. The van der Waals surface area contributed by atoms with Crippen LogP contribution in [-0.2, 0) is 0 Å². The zero-order chi connectivity index (χ0) is 34.4. The molecule has 1 unspecified atom stereocenters. The van der Waals surface area contributed by atoms with Crippen molar-refractivity contribution >= 4 is 70.7 Å². The standard InChI is InChI=1S/C47H44N2S/c1-31(2)34-17-23-37(24-18-34)48(36-11-7-6-8-12-36)40-27-28-45-43(29-40)47-42-14-10-9-13-41(42)44(30-46(47)50-45)49(38-21-15-33(5)16-22-38)39-25-19-35(20-26-39)32(3)4/h6-15,17-33H,16H2,1-5H3. The quantitative estimate of drug-likeness (QED) is 0.159. The van der Waals surface area contributed by atoms with Gasteiger partial charge in [0, 0.05) is 54.0 Å². The lowest BCUT2D eigenvalue weighted by Gasteiger charge is -2.30. The van der Waals surface area contributed by atoms with Gasteiger partial charge in [-0.2, -0.15) is 0 Å². The minimum Gasteiger partial charge on any atom is -0.310 e. The molecule has 1 aliphatic carbocycles. The molecule has 8 rings (SSSR count). The van der Waals surface area contributed by atoms with E-state index in [4.69, 9.17) is 0 Å². The van der Waals surface area contributed by atoms with Gasteiger partial charge in [0.2, 0.25) is 0 Å². The van der Waals surface area contributed by atoms with Gasteiger partial charge in [-0.05, 0) is 107 Å². The summed E-state index contributed by atoms with van der Waals surface area (Å²) in [4.78, 5) is 4.86. The highest BCUT2D eigenvalue weighted by atomic mass is 32.1. The maximum absolute atomic E-state index is 2.47. The fraction of sp³-hybridized carbons (Fsp3) is 0.191. The number of hydrogen-bond acceptors (Lipinski definition) is 3. The second kappa shape index (κ2) is 13.3. The maximum atomic E-state index is 2.47. The van der Waals surface area contributed by atoms with E-state index in [9.17, 15) is 0 Å². The predicted molar refractivity (Wildman–Crippen MR) is 219 cm³/mol. The summed E-state index contributed by atoms with van der Waals surface area (Å²) in [5, 5.41) is 5.17. The fourth-order valence-electron chi connectivity index (χ4n) is 7.28. The first-order valence-electron chi connectivity index (χ1n) is 18.0. The molecule has 1 atom stereocenters. The van der Waals surface area contributed by atoms with Gasteiger partial charge in [-0.1, -0.05) is 114 Å². The van der Waals surface area contributed by atoms with E-state index in [0.29, 0.717) is 17.8 Å². The molecule has 0 fully saturated rings. The first kappa shape index (κ1) is 32.1. The first-order valence-corrected chi connectivity index (χ1v) is 18.8. The van der Waals surface area contributed by atoms with Gasteiger partial charge in [-0.3, -0.25) is 0 Å². The van der Waals surface area contributed by atoms with Crippen LogP contribution in [0.2, 0.25) is 0 Å². The second-order valence-electron chi connectivity index (χ2n) is 14.3. The summed E-state index contributed by atoms with van der Waals surface area (Å²) in [6.45, 7) is 11.3. The number of anilines is 5. The van der Waals surface area contributed by atoms with Crippen LogP contribution in [0, 0.1) is 5.92 Å². The molecule has 0 saturated carbocycles. The molecule has 1 heterocycles.